The van der Waals surface area contributed by atoms with Gasteiger partial charge in [-0.3, -0.25) is 0 Å². The van der Waals surface area contributed by atoms with Crippen LogP contribution < -0.4 is 5.32 Å². The average Bonchev–Trinajstić information content (AvgIpc) is 2.72. The molecule has 0 aromatic carbocycles. The van der Waals surface area contributed by atoms with Crippen LogP contribution in [0.25, 0.3) is 0 Å². The number of thioether (sulfide) groups is 1. The molecule has 1 unspecified atom stereocenters. The van der Waals surface area contributed by atoms with E-state index in [4.69, 9.17) is 0 Å². The van der Waals surface area contributed by atoms with Crippen LogP contribution in [0, 0.1) is 5.92 Å². The largest absolute Gasteiger partial charge is 0.316 e. The summed E-state index contributed by atoms with van der Waals surface area (Å²) in [6.45, 7) is 4.54. The lowest BCUT2D eigenvalue weighted by atomic mass is 10.2. The van der Waals surface area contributed by atoms with Crippen molar-refractivity contribution in [3.05, 3.63) is 0 Å². The second-order valence-electron chi connectivity index (χ2n) is 3.61. The Bertz CT molecular complexity index is 110. The summed E-state index contributed by atoms with van der Waals surface area (Å²) in [5.74, 6) is 2.28. The third kappa shape index (κ3) is 3.48. The van der Waals surface area contributed by atoms with E-state index in [1.165, 1.54) is 18.6 Å². The molecule has 1 saturated carbocycles. The third-order valence-electron chi connectivity index (χ3n) is 2.17. The van der Waals surface area contributed by atoms with E-state index in [2.05, 4.69) is 38.0 Å². The van der Waals surface area contributed by atoms with Crippen molar-refractivity contribution in [2.45, 2.75) is 38.0 Å². The first-order valence-electron chi connectivity index (χ1n) is 4.53. The zero-order valence-electron chi connectivity index (χ0n) is 7.76. The zero-order valence-corrected chi connectivity index (χ0v) is 8.58. The fraction of sp³-hybridized carbons (Fsp3) is 1.00. The summed E-state index contributed by atoms with van der Waals surface area (Å²) < 4.78 is 0. The van der Waals surface area contributed by atoms with E-state index in [0.717, 1.165) is 17.2 Å². The average molecular weight is 173 g/mol. The molecule has 0 spiro atoms. The summed E-state index contributed by atoms with van der Waals surface area (Å²) in [4.78, 5) is 0. The molecule has 0 saturated heterocycles. The summed E-state index contributed by atoms with van der Waals surface area (Å²) in [6.07, 6.45) is 2.90. The molecule has 2 heteroatoms. The fourth-order valence-corrected chi connectivity index (χ4v) is 2.28. The molecule has 0 aromatic rings. The molecule has 1 atom stereocenters. The highest BCUT2D eigenvalue weighted by Crippen LogP contribution is 2.34. The van der Waals surface area contributed by atoms with Gasteiger partial charge in [0.15, 0.2) is 0 Å². The first-order chi connectivity index (χ1) is 5.24. The number of hydrogen-bond donors (Lipinski definition) is 1. The SMILES string of the molecule is CNC(CSC(C)C)C1CC1. The minimum absolute atomic E-state index is 0.780. The van der Waals surface area contributed by atoms with Gasteiger partial charge in [0.05, 0.1) is 0 Å². The Morgan fingerprint density at radius 2 is 2.09 bits per heavy atom. The van der Waals surface area contributed by atoms with Crippen molar-refractivity contribution in [2.75, 3.05) is 12.8 Å². The molecule has 1 rings (SSSR count). The molecule has 11 heavy (non-hydrogen) atoms. The van der Waals surface area contributed by atoms with E-state index in [1.807, 2.05) is 0 Å². The predicted molar refractivity (Wildman–Crippen MR) is 53.2 cm³/mol. The highest BCUT2D eigenvalue weighted by molar-refractivity contribution is 7.99. The van der Waals surface area contributed by atoms with Crippen LogP contribution in [0.5, 0.6) is 0 Å². The van der Waals surface area contributed by atoms with Gasteiger partial charge in [-0.05, 0) is 31.1 Å². The molecular weight excluding hydrogens is 154 g/mol. The summed E-state index contributed by atoms with van der Waals surface area (Å²) >= 11 is 2.07. The molecule has 1 nitrogen and oxygen atoms in total. The lowest BCUT2D eigenvalue weighted by Gasteiger charge is -2.15. The standard InChI is InChI=1S/C9H19NS/c1-7(2)11-6-9(10-3)8-4-5-8/h7-10H,4-6H2,1-3H3. The van der Waals surface area contributed by atoms with Gasteiger partial charge in [0.1, 0.15) is 0 Å². The minimum Gasteiger partial charge on any atom is -0.316 e. The van der Waals surface area contributed by atoms with Crippen LogP contribution in [-0.4, -0.2) is 24.1 Å². The second kappa shape index (κ2) is 4.36. The molecule has 0 amide bonds. The molecule has 0 aliphatic heterocycles. The topological polar surface area (TPSA) is 12.0 Å². The van der Waals surface area contributed by atoms with Gasteiger partial charge >= 0.3 is 0 Å². The van der Waals surface area contributed by atoms with Gasteiger partial charge < -0.3 is 5.32 Å². The van der Waals surface area contributed by atoms with E-state index in [0.29, 0.717) is 0 Å². The van der Waals surface area contributed by atoms with E-state index in [-0.39, 0.29) is 0 Å². The van der Waals surface area contributed by atoms with Crippen LogP contribution in [0.2, 0.25) is 0 Å². The summed E-state index contributed by atoms with van der Waals surface area (Å²) in [7, 11) is 2.09. The Hall–Kier alpha value is 0.310. The van der Waals surface area contributed by atoms with Gasteiger partial charge in [-0.15, -0.1) is 0 Å². The highest BCUT2D eigenvalue weighted by Gasteiger charge is 2.29. The molecule has 66 valence electrons. The predicted octanol–water partition coefficient (Wildman–Crippen LogP) is 2.13. The molecule has 0 aromatic heterocycles. The quantitative estimate of drug-likeness (QED) is 0.683. The zero-order chi connectivity index (χ0) is 8.27. The lowest BCUT2D eigenvalue weighted by molar-refractivity contribution is 0.553. The third-order valence-corrected chi connectivity index (χ3v) is 3.39. The molecule has 0 radical (unpaired) electrons. The number of nitrogens with one attached hydrogen (secondary N) is 1. The molecule has 1 N–H and O–H groups in total. The van der Waals surface area contributed by atoms with Crippen molar-refractivity contribution in [3.63, 3.8) is 0 Å². The van der Waals surface area contributed by atoms with Gasteiger partial charge in [-0.25, -0.2) is 0 Å². The van der Waals surface area contributed by atoms with Crippen molar-refractivity contribution < 1.29 is 0 Å². The van der Waals surface area contributed by atoms with Crippen molar-refractivity contribution >= 4 is 11.8 Å². The molecule has 1 aliphatic carbocycles. The second-order valence-corrected chi connectivity index (χ2v) is 5.22. The van der Waals surface area contributed by atoms with Crippen molar-refractivity contribution in [1.29, 1.82) is 0 Å². The van der Waals surface area contributed by atoms with Gasteiger partial charge in [0.25, 0.3) is 0 Å². The Balaban J connectivity index is 2.10. The minimum atomic E-state index is 0.780. The smallest absolute Gasteiger partial charge is 0.0183 e. The van der Waals surface area contributed by atoms with Crippen LogP contribution in [0.4, 0.5) is 0 Å². The maximum absolute atomic E-state index is 3.40. The maximum Gasteiger partial charge on any atom is 0.0183 e. The van der Waals surface area contributed by atoms with Crippen LogP contribution >= 0.6 is 11.8 Å². The molecule has 1 fully saturated rings. The van der Waals surface area contributed by atoms with Crippen LogP contribution in [-0.2, 0) is 0 Å². The summed E-state index contributed by atoms with van der Waals surface area (Å²) in [6, 6.07) is 0.780. The first-order valence-corrected chi connectivity index (χ1v) is 5.57. The van der Waals surface area contributed by atoms with Gasteiger partial charge in [-0.2, -0.15) is 11.8 Å². The van der Waals surface area contributed by atoms with Gasteiger partial charge in [0, 0.05) is 11.8 Å². The summed E-state index contributed by atoms with van der Waals surface area (Å²) in [5, 5.41) is 4.18. The first kappa shape index (κ1) is 9.40. The van der Waals surface area contributed by atoms with Crippen molar-refractivity contribution in [3.8, 4) is 0 Å². The van der Waals surface area contributed by atoms with Crippen LogP contribution in [0.3, 0.4) is 0 Å². The lowest BCUT2D eigenvalue weighted by Crippen LogP contribution is -2.30. The summed E-state index contributed by atoms with van der Waals surface area (Å²) in [5.41, 5.74) is 0. The van der Waals surface area contributed by atoms with Crippen LogP contribution in [0.1, 0.15) is 26.7 Å². The molecule has 0 heterocycles. The monoisotopic (exact) mass is 173 g/mol. The molecular formula is C9H19NS. The number of hydrogen-bond acceptors (Lipinski definition) is 2. The van der Waals surface area contributed by atoms with E-state index >= 15 is 0 Å². The van der Waals surface area contributed by atoms with E-state index in [1.54, 1.807) is 0 Å². The van der Waals surface area contributed by atoms with Crippen molar-refractivity contribution in [1.82, 2.24) is 5.32 Å². The van der Waals surface area contributed by atoms with Gasteiger partial charge in [0.2, 0.25) is 0 Å². The maximum atomic E-state index is 3.40. The normalized spacial score (nSPS) is 20.7. The van der Waals surface area contributed by atoms with E-state index in [9.17, 15) is 0 Å². The molecule has 1 aliphatic rings. The van der Waals surface area contributed by atoms with Crippen molar-refractivity contribution in [2.24, 2.45) is 5.92 Å². The number of rotatable bonds is 5. The Kier molecular flexibility index (Phi) is 3.73. The molecule has 0 bridgehead atoms. The Morgan fingerprint density at radius 3 is 2.45 bits per heavy atom. The Morgan fingerprint density at radius 1 is 1.45 bits per heavy atom. The van der Waals surface area contributed by atoms with E-state index < -0.39 is 0 Å². The Labute approximate surface area is 74.3 Å². The van der Waals surface area contributed by atoms with Crippen LogP contribution in [0.15, 0.2) is 0 Å². The van der Waals surface area contributed by atoms with Gasteiger partial charge in [-0.1, -0.05) is 13.8 Å². The highest BCUT2D eigenvalue weighted by atomic mass is 32.2. The fourth-order valence-electron chi connectivity index (χ4n) is 1.25.